The van der Waals surface area contributed by atoms with Crippen LogP contribution in [0.5, 0.6) is 0 Å². The summed E-state index contributed by atoms with van der Waals surface area (Å²) in [5, 5.41) is 0. The second-order valence-corrected chi connectivity index (χ2v) is 4.52. The molecular formula is C16H17NO. The molecule has 0 aliphatic heterocycles. The van der Waals surface area contributed by atoms with E-state index in [9.17, 15) is 4.79 Å². The van der Waals surface area contributed by atoms with Crippen molar-refractivity contribution in [2.45, 2.75) is 27.2 Å². The van der Waals surface area contributed by atoms with Crippen molar-refractivity contribution in [1.82, 2.24) is 4.98 Å². The lowest BCUT2D eigenvalue weighted by Crippen LogP contribution is -2.03. The van der Waals surface area contributed by atoms with Gasteiger partial charge in [0.2, 0.25) is 0 Å². The number of carbonyl (C=O) groups excluding carboxylic acids is 1. The van der Waals surface area contributed by atoms with Crippen molar-refractivity contribution in [2.24, 2.45) is 0 Å². The van der Waals surface area contributed by atoms with Crippen LogP contribution in [0.4, 0.5) is 0 Å². The lowest BCUT2D eigenvalue weighted by Gasteiger charge is -2.05. The number of pyridine rings is 1. The summed E-state index contributed by atoms with van der Waals surface area (Å²) in [5.41, 5.74) is 4.45. The van der Waals surface area contributed by atoms with Gasteiger partial charge in [-0.05, 0) is 38.0 Å². The molecule has 0 amide bonds. The first kappa shape index (κ1) is 12.5. The summed E-state index contributed by atoms with van der Waals surface area (Å²) in [4.78, 5) is 16.6. The van der Waals surface area contributed by atoms with E-state index in [0.717, 1.165) is 23.4 Å². The molecule has 1 aromatic carbocycles. The molecule has 0 radical (unpaired) electrons. The maximum Gasteiger partial charge on any atom is 0.193 e. The maximum atomic E-state index is 12.3. The number of aryl methyl sites for hydroxylation is 3. The third kappa shape index (κ3) is 2.65. The molecule has 2 nitrogen and oxygen atoms in total. The second-order valence-electron chi connectivity index (χ2n) is 4.52. The van der Waals surface area contributed by atoms with E-state index in [-0.39, 0.29) is 5.78 Å². The summed E-state index contributed by atoms with van der Waals surface area (Å²) in [7, 11) is 0. The Hall–Kier alpha value is -1.96. The Morgan fingerprint density at radius 2 is 1.56 bits per heavy atom. The van der Waals surface area contributed by atoms with E-state index in [0.29, 0.717) is 5.56 Å². The SMILES string of the molecule is CCc1ccc(C(=O)c2cc(C)nc(C)c2)cc1. The fraction of sp³-hybridized carbons (Fsp3) is 0.250. The van der Waals surface area contributed by atoms with E-state index in [1.165, 1.54) is 5.56 Å². The highest BCUT2D eigenvalue weighted by atomic mass is 16.1. The highest BCUT2D eigenvalue weighted by Crippen LogP contribution is 2.13. The molecule has 0 N–H and O–H groups in total. The Morgan fingerprint density at radius 3 is 2.06 bits per heavy atom. The molecule has 0 aliphatic rings. The van der Waals surface area contributed by atoms with E-state index >= 15 is 0 Å². The van der Waals surface area contributed by atoms with Gasteiger partial charge in [0.05, 0.1) is 0 Å². The van der Waals surface area contributed by atoms with Gasteiger partial charge in [-0.1, -0.05) is 31.2 Å². The van der Waals surface area contributed by atoms with Crippen molar-refractivity contribution < 1.29 is 4.79 Å². The highest BCUT2D eigenvalue weighted by Gasteiger charge is 2.10. The van der Waals surface area contributed by atoms with Gasteiger partial charge in [0.1, 0.15) is 0 Å². The van der Waals surface area contributed by atoms with Crippen LogP contribution in [-0.2, 0) is 6.42 Å². The predicted octanol–water partition coefficient (Wildman–Crippen LogP) is 3.49. The van der Waals surface area contributed by atoms with Gasteiger partial charge >= 0.3 is 0 Å². The zero-order valence-corrected chi connectivity index (χ0v) is 11.0. The fourth-order valence-corrected chi connectivity index (χ4v) is 2.02. The number of ketones is 1. The van der Waals surface area contributed by atoms with Crippen LogP contribution in [0.3, 0.4) is 0 Å². The molecule has 1 heterocycles. The number of benzene rings is 1. The largest absolute Gasteiger partial charge is 0.289 e. The minimum absolute atomic E-state index is 0.0613. The van der Waals surface area contributed by atoms with Crippen molar-refractivity contribution in [3.8, 4) is 0 Å². The topological polar surface area (TPSA) is 30.0 Å². The Balaban J connectivity index is 2.34. The van der Waals surface area contributed by atoms with Crippen molar-refractivity contribution >= 4 is 5.78 Å². The molecule has 0 unspecified atom stereocenters. The van der Waals surface area contributed by atoms with Gasteiger partial charge in [0, 0.05) is 22.5 Å². The molecule has 2 aromatic rings. The average molecular weight is 239 g/mol. The lowest BCUT2D eigenvalue weighted by atomic mass is 10.0. The third-order valence-electron chi connectivity index (χ3n) is 2.97. The summed E-state index contributed by atoms with van der Waals surface area (Å²) < 4.78 is 0. The minimum atomic E-state index is 0.0613. The Labute approximate surface area is 108 Å². The van der Waals surface area contributed by atoms with Crippen LogP contribution in [-0.4, -0.2) is 10.8 Å². The second kappa shape index (κ2) is 5.13. The third-order valence-corrected chi connectivity index (χ3v) is 2.97. The number of aromatic nitrogens is 1. The van der Waals surface area contributed by atoms with Crippen molar-refractivity contribution in [1.29, 1.82) is 0 Å². The molecule has 1 aromatic heterocycles. The Bertz CT molecular complexity index is 550. The van der Waals surface area contributed by atoms with Crippen LogP contribution in [0, 0.1) is 13.8 Å². The quantitative estimate of drug-likeness (QED) is 0.767. The van der Waals surface area contributed by atoms with E-state index in [1.54, 1.807) is 0 Å². The van der Waals surface area contributed by atoms with E-state index in [2.05, 4.69) is 11.9 Å². The lowest BCUT2D eigenvalue weighted by molar-refractivity contribution is 0.103. The zero-order valence-electron chi connectivity index (χ0n) is 11.0. The monoisotopic (exact) mass is 239 g/mol. The molecule has 0 bridgehead atoms. The van der Waals surface area contributed by atoms with Crippen molar-refractivity contribution in [3.05, 3.63) is 64.5 Å². The number of nitrogens with zero attached hydrogens (tertiary/aromatic N) is 1. The smallest absolute Gasteiger partial charge is 0.193 e. The first-order chi connectivity index (χ1) is 8.60. The molecule has 0 atom stereocenters. The van der Waals surface area contributed by atoms with Crippen LogP contribution in [0.25, 0.3) is 0 Å². The van der Waals surface area contributed by atoms with Crippen molar-refractivity contribution in [3.63, 3.8) is 0 Å². The summed E-state index contributed by atoms with van der Waals surface area (Å²) in [5.74, 6) is 0.0613. The fourth-order valence-electron chi connectivity index (χ4n) is 2.02. The summed E-state index contributed by atoms with van der Waals surface area (Å²) in [6.45, 7) is 5.92. The van der Waals surface area contributed by atoms with E-state index in [4.69, 9.17) is 0 Å². The van der Waals surface area contributed by atoms with Gasteiger partial charge in [-0.3, -0.25) is 9.78 Å². The molecule has 0 saturated heterocycles. The summed E-state index contributed by atoms with van der Waals surface area (Å²) in [6.07, 6.45) is 0.988. The molecule has 0 spiro atoms. The number of carbonyl (C=O) groups is 1. The van der Waals surface area contributed by atoms with Gasteiger partial charge in [-0.25, -0.2) is 0 Å². The van der Waals surface area contributed by atoms with Gasteiger partial charge in [0.25, 0.3) is 0 Å². The van der Waals surface area contributed by atoms with Gasteiger partial charge in [-0.2, -0.15) is 0 Å². The normalized spacial score (nSPS) is 10.4. The Morgan fingerprint density at radius 1 is 1.00 bits per heavy atom. The van der Waals surface area contributed by atoms with Crippen LogP contribution in [0.15, 0.2) is 36.4 Å². The first-order valence-electron chi connectivity index (χ1n) is 6.19. The van der Waals surface area contributed by atoms with Gasteiger partial charge in [0.15, 0.2) is 5.78 Å². The number of hydrogen-bond donors (Lipinski definition) is 0. The molecular weight excluding hydrogens is 222 g/mol. The van der Waals surface area contributed by atoms with Gasteiger partial charge < -0.3 is 0 Å². The number of hydrogen-bond acceptors (Lipinski definition) is 2. The van der Waals surface area contributed by atoms with Crippen LogP contribution in [0.1, 0.15) is 39.8 Å². The molecule has 92 valence electrons. The van der Waals surface area contributed by atoms with Crippen LogP contribution >= 0.6 is 0 Å². The zero-order chi connectivity index (χ0) is 13.1. The standard InChI is InChI=1S/C16H17NO/c1-4-13-5-7-14(8-6-13)16(18)15-9-11(2)17-12(3)10-15/h5-10H,4H2,1-3H3. The van der Waals surface area contributed by atoms with Crippen molar-refractivity contribution in [2.75, 3.05) is 0 Å². The molecule has 0 fully saturated rings. The van der Waals surface area contributed by atoms with E-state index in [1.807, 2.05) is 50.2 Å². The molecule has 0 aliphatic carbocycles. The van der Waals surface area contributed by atoms with E-state index < -0.39 is 0 Å². The molecule has 18 heavy (non-hydrogen) atoms. The molecule has 2 heteroatoms. The average Bonchev–Trinajstić information content (AvgIpc) is 2.37. The van der Waals surface area contributed by atoms with Crippen LogP contribution in [0.2, 0.25) is 0 Å². The minimum Gasteiger partial charge on any atom is -0.289 e. The summed E-state index contributed by atoms with van der Waals surface area (Å²) >= 11 is 0. The predicted molar refractivity (Wildman–Crippen MR) is 73.0 cm³/mol. The molecule has 2 rings (SSSR count). The maximum absolute atomic E-state index is 12.3. The van der Waals surface area contributed by atoms with Gasteiger partial charge in [-0.15, -0.1) is 0 Å². The Kier molecular flexibility index (Phi) is 3.56. The first-order valence-corrected chi connectivity index (χ1v) is 6.19. The summed E-state index contributed by atoms with van der Waals surface area (Å²) in [6, 6.07) is 11.5. The highest BCUT2D eigenvalue weighted by molar-refractivity contribution is 6.09. The molecule has 0 saturated carbocycles. The van der Waals surface area contributed by atoms with Crippen LogP contribution < -0.4 is 0 Å². The number of rotatable bonds is 3.